The highest BCUT2D eigenvalue weighted by Crippen LogP contribution is 2.21. The van der Waals surface area contributed by atoms with Crippen molar-refractivity contribution in [3.8, 4) is 0 Å². The van der Waals surface area contributed by atoms with Crippen molar-refractivity contribution in [3.05, 3.63) is 22.4 Å². The van der Waals surface area contributed by atoms with E-state index in [1.54, 1.807) is 25.2 Å². The van der Waals surface area contributed by atoms with Gasteiger partial charge in [-0.1, -0.05) is 6.07 Å². The minimum Gasteiger partial charge on any atom is -0.481 e. The van der Waals surface area contributed by atoms with Crippen LogP contribution in [0, 0.1) is 5.41 Å². The highest BCUT2D eigenvalue weighted by Gasteiger charge is 2.27. The molecule has 1 rings (SSSR count). The summed E-state index contributed by atoms with van der Waals surface area (Å²) in [6.07, 6.45) is 1.70. The van der Waals surface area contributed by atoms with Crippen LogP contribution in [0.2, 0.25) is 0 Å². The Morgan fingerprint density at radius 2 is 2.22 bits per heavy atom. The molecule has 0 aliphatic carbocycles. The second-order valence-electron chi connectivity index (χ2n) is 5.55. The Bertz CT molecular complexity index is 373. The minimum atomic E-state index is -0.721. The number of likely N-dealkylation sites (N-methyl/N-ethyl adjacent to an activating group) is 1. The molecule has 1 heterocycles. The number of carboxylic acid groups (broad SMARTS) is 1. The Balaban J connectivity index is 2.40. The van der Waals surface area contributed by atoms with Crippen LogP contribution in [0.1, 0.15) is 32.1 Å². The molecule has 0 bridgehead atoms. The number of hydrogen-bond acceptors (Lipinski definition) is 3. The fourth-order valence-corrected chi connectivity index (χ4v) is 2.49. The quantitative estimate of drug-likeness (QED) is 0.827. The summed E-state index contributed by atoms with van der Waals surface area (Å²) in [6, 6.07) is 4.66. The van der Waals surface area contributed by atoms with Gasteiger partial charge in [-0.2, -0.15) is 0 Å². The van der Waals surface area contributed by atoms with Gasteiger partial charge in [0.15, 0.2) is 0 Å². The van der Waals surface area contributed by atoms with Crippen molar-refractivity contribution in [2.24, 2.45) is 5.41 Å². The SMILES string of the molecule is CC(Cc1cccs1)N(C)CCC(C)(C)C(=O)O. The summed E-state index contributed by atoms with van der Waals surface area (Å²) < 4.78 is 0. The van der Waals surface area contributed by atoms with Gasteiger partial charge in [-0.3, -0.25) is 4.79 Å². The van der Waals surface area contributed by atoms with Crippen LogP contribution in [-0.4, -0.2) is 35.6 Å². The Morgan fingerprint density at radius 1 is 1.56 bits per heavy atom. The standard InChI is InChI=1S/C14H23NO2S/c1-11(10-12-6-5-9-18-12)15(4)8-7-14(2,3)13(16)17/h5-6,9,11H,7-8,10H2,1-4H3,(H,16,17). The highest BCUT2D eigenvalue weighted by atomic mass is 32.1. The largest absolute Gasteiger partial charge is 0.481 e. The van der Waals surface area contributed by atoms with E-state index in [9.17, 15) is 4.79 Å². The van der Waals surface area contributed by atoms with Gasteiger partial charge < -0.3 is 10.0 Å². The van der Waals surface area contributed by atoms with Crippen molar-refractivity contribution in [2.45, 2.75) is 39.7 Å². The lowest BCUT2D eigenvalue weighted by Gasteiger charge is -2.28. The molecule has 0 spiro atoms. The Hall–Kier alpha value is -0.870. The van der Waals surface area contributed by atoms with Crippen LogP contribution in [0.4, 0.5) is 0 Å². The molecular formula is C14H23NO2S. The van der Waals surface area contributed by atoms with Crippen LogP contribution >= 0.6 is 11.3 Å². The smallest absolute Gasteiger partial charge is 0.309 e. The third-order valence-corrected chi connectivity index (χ3v) is 4.40. The molecule has 1 aromatic rings. The summed E-state index contributed by atoms with van der Waals surface area (Å²) in [5.41, 5.74) is -0.642. The van der Waals surface area contributed by atoms with Gasteiger partial charge in [0.1, 0.15) is 0 Å². The lowest BCUT2D eigenvalue weighted by atomic mass is 9.89. The predicted octanol–water partition coefficient (Wildman–Crippen LogP) is 3.11. The zero-order chi connectivity index (χ0) is 13.8. The second kappa shape index (κ2) is 6.34. The third-order valence-electron chi connectivity index (χ3n) is 3.50. The second-order valence-corrected chi connectivity index (χ2v) is 6.58. The van der Waals surface area contributed by atoms with Crippen LogP contribution in [0.5, 0.6) is 0 Å². The molecule has 0 saturated heterocycles. The monoisotopic (exact) mass is 269 g/mol. The molecule has 1 unspecified atom stereocenters. The maximum absolute atomic E-state index is 11.0. The number of carbonyl (C=O) groups is 1. The van der Waals surface area contributed by atoms with E-state index >= 15 is 0 Å². The number of nitrogens with zero attached hydrogens (tertiary/aromatic N) is 1. The van der Waals surface area contributed by atoms with Crippen LogP contribution in [0.15, 0.2) is 17.5 Å². The maximum atomic E-state index is 11.0. The first-order valence-corrected chi connectivity index (χ1v) is 7.17. The van der Waals surface area contributed by atoms with E-state index in [4.69, 9.17) is 5.11 Å². The normalized spacial score (nSPS) is 13.8. The summed E-state index contributed by atoms with van der Waals surface area (Å²) in [5, 5.41) is 11.2. The highest BCUT2D eigenvalue weighted by molar-refractivity contribution is 7.09. The zero-order valence-electron chi connectivity index (χ0n) is 11.6. The van der Waals surface area contributed by atoms with Crippen LogP contribution in [-0.2, 0) is 11.2 Å². The van der Waals surface area contributed by atoms with E-state index in [0.717, 1.165) is 13.0 Å². The van der Waals surface area contributed by atoms with Gasteiger partial charge in [-0.15, -0.1) is 11.3 Å². The number of hydrogen-bond donors (Lipinski definition) is 1. The lowest BCUT2D eigenvalue weighted by molar-refractivity contribution is -0.147. The first-order chi connectivity index (χ1) is 8.33. The van der Waals surface area contributed by atoms with E-state index in [-0.39, 0.29) is 0 Å². The minimum absolute atomic E-state index is 0.438. The Morgan fingerprint density at radius 3 is 2.72 bits per heavy atom. The number of thiophene rings is 1. The molecule has 1 N–H and O–H groups in total. The molecule has 0 fully saturated rings. The van der Waals surface area contributed by atoms with E-state index < -0.39 is 11.4 Å². The molecule has 4 heteroatoms. The average molecular weight is 269 g/mol. The molecule has 3 nitrogen and oxygen atoms in total. The summed E-state index contributed by atoms with van der Waals surface area (Å²) >= 11 is 1.78. The molecule has 0 aliphatic heterocycles. The van der Waals surface area contributed by atoms with Crippen molar-refractivity contribution in [1.29, 1.82) is 0 Å². The summed E-state index contributed by atoms with van der Waals surface area (Å²) in [5.74, 6) is -0.721. The van der Waals surface area contributed by atoms with Gasteiger partial charge in [0.2, 0.25) is 0 Å². The zero-order valence-corrected chi connectivity index (χ0v) is 12.5. The van der Waals surface area contributed by atoms with Crippen molar-refractivity contribution < 1.29 is 9.90 Å². The van der Waals surface area contributed by atoms with Gasteiger partial charge in [0.25, 0.3) is 0 Å². The molecule has 0 saturated carbocycles. The number of carboxylic acids is 1. The molecule has 1 atom stereocenters. The van der Waals surface area contributed by atoms with Crippen molar-refractivity contribution in [1.82, 2.24) is 4.90 Å². The van der Waals surface area contributed by atoms with Crippen LogP contribution in [0.25, 0.3) is 0 Å². The van der Waals surface area contributed by atoms with Crippen molar-refractivity contribution in [2.75, 3.05) is 13.6 Å². The Kier molecular flexibility index (Phi) is 5.35. The van der Waals surface area contributed by atoms with Crippen LogP contribution < -0.4 is 0 Å². The fraction of sp³-hybridized carbons (Fsp3) is 0.643. The number of aliphatic carboxylic acids is 1. The van der Waals surface area contributed by atoms with Crippen LogP contribution in [0.3, 0.4) is 0 Å². The van der Waals surface area contributed by atoms with E-state index in [0.29, 0.717) is 12.5 Å². The van der Waals surface area contributed by atoms with E-state index in [1.165, 1.54) is 4.88 Å². The summed E-state index contributed by atoms with van der Waals surface area (Å²) in [4.78, 5) is 14.7. The van der Waals surface area contributed by atoms with Gasteiger partial charge in [0.05, 0.1) is 5.41 Å². The van der Waals surface area contributed by atoms with Crippen molar-refractivity contribution >= 4 is 17.3 Å². The Labute approximate surface area is 113 Å². The van der Waals surface area contributed by atoms with Gasteiger partial charge >= 0.3 is 5.97 Å². The summed E-state index contributed by atoms with van der Waals surface area (Å²) in [7, 11) is 2.07. The molecule has 102 valence electrons. The van der Waals surface area contributed by atoms with Crippen molar-refractivity contribution in [3.63, 3.8) is 0 Å². The molecule has 0 aliphatic rings. The first kappa shape index (κ1) is 15.2. The maximum Gasteiger partial charge on any atom is 0.309 e. The molecule has 0 radical (unpaired) electrons. The molecule has 0 aromatic carbocycles. The van der Waals surface area contributed by atoms with Gasteiger partial charge in [0, 0.05) is 10.9 Å². The molecule has 18 heavy (non-hydrogen) atoms. The third kappa shape index (κ3) is 4.42. The van der Waals surface area contributed by atoms with Gasteiger partial charge in [-0.25, -0.2) is 0 Å². The predicted molar refractivity (Wildman–Crippen MR) is 76.1 cm³/mol. The lowest BCUT2D eigenvalue weighted by Crippen LogP contribution is -2.35. The molecule has 0 amide bonds. The first-order valence-electron chi connectivity index (χ1n) is 6.29. The summed E-state index contributed by atoms with van der Waals surface area (Å²) in [6.45, 7) is 6.57. The number of rotatable bonds is 7. The topological polar surface area (TPSA) is 40.5 Å². The average Bonchev–Trinajstić information content (AvgIpc) is 2.78. The van der Waals surface area contributed by atoms with Gasteiger partial charge in [-0.05, 0) is 58.7 Å². The van der Waals surface area contributed by atoms with E-state index in [1.807, 2.05) is 0 Å². The molecular weight excluding hydrogens is 246 g/mol. The van der Waals surface area contributed by atoms with E-state index in [2.05, 4.69) is 36.4 Å². The molecule has 1 aromatic heterocycles. The fourth-order valence-electron chi connectivity index (χ4n) is 1.66.